The first-order chi connectivity index (χ1) is 10.7. The Morgan fingerprint density at radius 2 is 1.78 bits per heavy atom. The van der Waals surface area contributed by atoms with Crippen molar-refractivity contribution in [3.63, 3.8) is 0 Å². The third-order valence-corrected chi connectivity index (χ3v) is 5.37. The molecule has 23 heavy (non-hydrogen) atoms. The Bertz CT molecular complexity index is 858. The number of anilines is 1. The average Bonchev–Trinajstić information content (AvgIpc) is 2.48. The van der Waals surface area contributed by atoms with Crippen LogP contribution in [0.25, 0.3) is 0 Å². The van der Waals surface area contributed by atoms with Crippen LogP contribution in [0.2, 0.25) is 10.0 Å². The van der Waals surface area contributed by atoms with E-state index in [1.54, 1.807) is 0 Å². The number of halogens is 3. The fourth-order valence-electron chi connectivity index (χ4n) is 1.84. The number of nitrogens with zero attached hydrogens (tertiary/aromatic N) is 1. The van der Waals surface area contributed by atoms with Gasteiger partial charge in [0.2, 0.25) is 0 Å². The van der Waals surface area contributed by atoms with Gasteiger partial charge in [0.1, 0.15) is 12.4 Å². The van der Waals surface area contributed by atoms with E-state index in [-0.39, 0.29) is 20.6 Å². The van der Waals surface area contributed by atoms with E-state index in [0.717, 1.165) is 12.1 Å². The van der Waals surface area contributed by atoms with Gasteiger partial charge in [0.05, 0.1) is 20.6 Å². The van der Waals surface area contributed by atoms with Gasteiger partial charge in [-0.15, -0.1) is 0 Å². The van der Waals surface area contributed by atoms with Gasteiger partial charge in [-0.25, -0.2) is 12.8 Å². The zero-order valence-electron chi connectivity index (χ0n) is 11.4. The van der Waals surface area contributed by atoms with E-state index in [1.165, 1.54) is 30.3 Å². The Balaban J connectivity index is 2.60. The molecule has 2 rings (SSSR count). The van der Waals surface area contributed by atoms with Gasteiger partial charge in [-0.3, -0.25) is 9.10 Å². The molecule has 0 aliphatic heterocycles. The summed E-state index contributed by atoms with van der Waals surface area (Å²) < 4.78 is 39.8. The van der Waals surface area contributed by atoms with E-state index in [4.69, 9.17) is 28.3 Å². The molecule has 0 saturated carbocycles. The normalized spacial score (nSPS) is 11.3. The van der Waals surface area contributed by atoms with Gasteiger partial charge < -0.3 is 5.11 Å². The van der Waals surface area contributed by atoms with Gasteiger partial charge in [0, 0.05) is 0 Å². The molecule has 0 aromatic heterocycles. The van der Waals surface area contributed by atoms with Crippen LogP contribution >= 0.6 is 23.2 Å². The average molecular weight is 378 g/mol. The van der Waals surface area contributed by atoms with E-state index >= 15 is 0 Å². The van der Waals surface area contributed by atoms with E-state index in [9.17, 15) is 17.6 Å². The lowest BCUT2D eigenvalue weighted by molar-refractivity contribution is -0.135. The highest BCUT2D eigenvalue weighted by molar-refractivity contribution is 7.92. The summed E-state index contributed by atoms with van der Waals surface area (Å²) in [5.74, 6) is -2.30. The number of aliphatic carboxylic acids is 1. The van der Waals surface area contributed by atoms with Crippen molar-refractivity contribution in [2.75, 3.05) is 10.8 Å². The third kappa shape index (κ3) is 3.74. The maximum atomic E-state index is 13.9. The van der Waals surface area contributed by atoms with Crippen LogP contribution in [0.1, 0.15) is 0 Å². The first-order valence-electron chi connectivity index (χ1n) is 6.17. The number of carboxylic acids is 1. The van der Waals surface area contributed by atoms with E-state index in [1.807, 2.05) is 0 Å². The van der Waals surface area contributed by atoms with Crippen LogP contribution in [0.15, 0.2) is 47.4 Å². The zero-order valence-corrected chi connectivity index (χ0v) is 13.7. The molecule has 0 fully saturated rings. The lowest BCUT2D eigenvalue weighted by Gasteiger charge is -2.23. The maximum absolute atomic E-state index is 13.9. The molecule has 0 saturated heterocycles. The first-order valence-corrected chi connectivity index (χ1v) is 8.37. The number of hydrogen-bond donors (Lipinski definition) is 1. The molecule has 0 aliphatic carbocycles. The lowest BCUT2D eigenvalue weighted by Crippen LogP contribution is -2.36. The predicted octanol–water partition coefficient (Wildman–Crippen LogP) is 3.41. The number of sulfonamides is 1. The molecule has 0 atom stereocenters. The summed E-state index contributed by atoms with van der Waals surface area (Å²) in [5, 5.41) is 9.09. The minimum absolute atomic E-state index is 0.0171. The molecule has 2 aromatic rings. The SMILES string of the molecule is O=C(O)CN(c1ccccc1F)S(=O)(=O)c1ccc(Cl)c(Cl)c1. The minimum atomic E-state index is -4.34. The first kappa shape index (κ1) is 17.5. The Morgan fingerprint density at radius 1 is 1.13 bits per heavy atom. The van der Waals surface area contributed by atoms with E-state index in [2.05, 4.69) is 0 Å². The van der Waals surface area contributed by atoms with E-state index < -0.39 is 28.4 Å². The van der Waals surface area contributed by atoms with Crippen LogP contribution in [-0.4, -0.2) is 26.0 Å². The monoisotopic (exact) mass is 377 g/mol. The summed E-state index contributed by atoms with van der Waals surface area (Å²) in [5.41, 5.74) is -0.374. The zero-order chi connectivity index (χ0) is 17.2. The Hall–Kier alpha value is -1.83. The van der Waals surface area contributed by atoms with Gasteiger partial charge >= 0.3 is 5.97 Å². The Labute approximate surface area is 141 Å². The van der Waals surface area contributed by atoms with Crippen LogP contribution in [0.3, 0.4) is 0 Å². The summed E-state index contributed by atoms with van der Waals surface area (Å²) >= 11 is 11.5. The van der Waals surface area contributed by atoms with Crippen molar-refractivity contribution in [1.82, 2.24) is 0 Å². The molecular formula is C14H10Cl2FNO4S. The molecule has 1 N–H and O–H groups in total. The highest BCUT2D eigenvalue weighted by Gasteiger charge is 2.29. The predicted molar refractivity (Wildman–Crippen MR) is 85.0 cm³/mol. The molecular weight excluding hydrogens is 368 g/mol. The third-order valence-electron chi connectivity index (χ3n) is 2.88. The maximum Gasteiger partial charge on any atom is 0.324 e. The second kappa shape index (κ2) is 6.74. The molecule has 0 amide bonds. The Kier molecular flexibility index (Phi) is 5.13. The number of rotatable bonds is 5. The van der Waals surface area contributed by atoms with E-state index in [0.29, 0.717) is 4.31 Å². The number of benzene rings is 2. The molecule has 0 aliphatic rings. The molecule has 2 aromatic carbocycles. The summed E-state index contributed by atoms with van der Waals surface area (Å²) in [4.78, 5) is 10.7. The molecule has 122 valence electrons. The van der Waals surface area contributed by atoms with Crippen molar-refractivity contribution in [1.29, 1.82) is 0 Å². The van der Waals surface area contributed by atoms with Crippen molar-refractivity contribution in [2.45, 2.75) is 4.90 Å². The van der Waals surface area contributed by atoms with Gasteiger partial charge in [0.15, 0.2) is 0 Å². The molecule has 0 heterocycles. The summed E-state index contributed by atoms with van der Waals surface area (Å²) in [6.07, 6.45) is 0. The lowest BCUT2D eigenvalue weighted by atomic mass is 10.3. The highest BCUT2D eigenvalue weighted by atomic mass is 35.5. The summed E-state index contributed by atoms with van der Waals surface area (Å²) in [6, 6.07) is 8.48. The van der Waals surface area contributed by atoms with Crippen molar-refractivity contribution < 1.29 is 22.7 Å². The summed E-state index contributed by atoms with van der Waals surface area (Å²) in [7, 11) is -4.34. The highest BCUT2D eigenvalue weighted by Crippen LogP contribution is 2.30. The Morgan fingerprint density at radius 3 is 2.35 bits per heavy atom. The standard InChI is InChI=1S/C14H10Cl2FNO4S/c15-10-6-5-9(7-11(10)16)23(21,22)18(8-14(19)20)13-4-2-1-3-12(13)17/h1-7H,8H2,(H,19,20). The molecule has 0 radical (unpaired) electrons. The topological polar surface area (TPSA) is 74.7 Å². The van der Waals surface area contributed by atoms with Gasteiger partial charge in [0.25, 0.3) is 10.0 Å². The molecule has 0 unspecified atom stereocenters. The van der Waals surface area contributed by atoms with Crippen LogP contribution in [-0.2, 0) is 14.8 Å². The molecule has 0 spiro atoms. The number of para-hydroxylation sites is 1. The van der Waals surface area contributed by atoms with Gasteiger partial charge in [-0.05, 0) is 30.3 Å². The molecule has 0 bridgehead atoms. The number of hydrogen-bond acceptors (Lipinski definition) is 3. The number of carboxylic acid groups (broad SMARTS) is 1. The summed E-state index contributed by atoms with van der Waals surface area (Å²) in [6.45, 7) is -0.941. The smallest absolute Gasteiger partial charge is 0.324 e. The minimum Gasteiger partial charge on any atom is -0.480 e. The van der Waals surface area contributed by atoms with Crippen LogP contribution in [0, 0.1) is 5.82 Å². The second-order valence-corrected chi connectivity index (χ2v) is 7.11. The van der Waals surface area contributed by atoms with Crippen molar-refractivity contribution in [2.24, 2.45) is 0 Å². The van der Waals surface area contributed by atoms with Crippen molar-refractivity contribution in [3.05, 3.63) is 58.3 Å². The largest absolute Gasteiger partial charge is 0.480 e. The van der Waals surface area contributed by atoms with Crippen LogP contribution in [0.5, 0.6) is 0 Å². The van der Waals surface area contributed by atoms with Crippen molar-refractivity contribution in [3.8, 4) is 0 Å². The molecule has 5 nitrogen and oxygen atoms in total. The van der Waals surface area contributed by atoms with Crippen LogP contribution in [0.4, 0.5) is 10.1 Å². The van der Waals surface area contributed by atoms with Gasteiger partial charge in [-0.1, -0.05) is 35.3 Å². The second-order valence-electron chi connectivity index (χ2n) is 4.43. The fourth-order valence-corrected chi connectivity index (χ4v) is 3.65. The van der Waals surface area contributed by atoms with Crippen molar-refractivity contribution >= 4 is 44.9 Å². The van der Waals surface area contributed by atoms with Gasteiger partial charge in [-0.2, -0.15) is 0 Å². The molecule has 9 heteroatoms. The number of carbonyl (C=O) groups is 1. The fraction of sp³-hybridized carbons (Fsp3) is 0.0714. The quantitative estimate of drug-likeness (QED) is 0.865. The van der Waals surface area contributed by atoms with Crippen LogP contribution < -0.4 is 4.31 Å².